The molecule has 2 aliphatic carbocycles. The summed E-state index contributed by atoms with van der Waals surface area (Å²) in [6.07, 6.45) is 5.55. The van der Waals surface area contributed by atoms with Crippen molar-refractivity contribution >= 4 is 22.6 Å². The van der Waals surface area contributed by atoms with Gasteiger partial charge in [-0.15, -0.1) is 0 Å². The summed E-state index contributed by atoms with van der Waals surface area (Å²) in [6.45, 7) is 3.82. The number of anilines is 1. The van der Waals surface area contributed by atoms with E-state index in [9.17, 15) is 13.6 Å². The fourth-order valence-electron chi connectivity index (χ4n) is 7.02. The average Bonchev–Trinajstić information content (AvgIpc) is 3.54. The van der Waals surface area contributed by atoms with Crippen LogP contribution in [-0.2, 0) is 9.53 Å². The number of fused-ring (bicyclic) bond motifs is 2. The number of imidazole rings is 1. The van der Waals surface area contributed by atoms with E-state index in [-0.39, 0.29) is 35.9 Å². The van der Waals surface area contributed by atoms with Crippen LogP contribution in [0.3, 0.4) is 0 Å². The van der Waals surface area contributed by atoms with E-state index in [2.05, 4.69) is 27.9 Å². The van der Waals surface area contributed by atoms with E-state index in [1.165, 1.54) is 6.07 Å². The number of aryl methyl sites for hydroxylation is 2. The molecule has 0 unspecified atom stereocenters. The number of hydrogen-bond donors (Lipinski definition) is 0. The minimum Gasteiger partial charge on any atom is -0.381 e. The lowest BCUT2D eigenvalue weighted by atomic mass is 9.91. The molecule has 0 bridgehead atoms. The topological polar surface area (TPSA) is 73.4 Å². The number of halogens is 2. The van der Waals surface area contributed by atoms with Gasteiger partial charge in [-0.2, -0.15) is 0 Å². The summed E-state index contributed by atoms with van der Waals surface area (Å²) >= 11 is 0. The van der Waals surface area contributed by atoms with Gasteiger partial charge in [-0.05, 0) is 88.1 Å². The second-order valence-electron chi connectivity index (χ2n) is 11.6. The number of carbonyl (C=O) groups excluding carboxylic acids is 1. The number of benzene rings is 2. The summed E-state index contributed by atoms with van der Waals surface area (Å²) in [6, 6.07) is 9.78. The van der Waals surface area contributed by atoms with Crippen molar-refractivity contribution in [1.29, 1.82) is 0 Å². The van der Waals surface area contributed by atoms with Crippen molar-refractivity contribution < 1.29 is 22.8 Å². The average molecular weight is 547 g/mol. The van der Waals surface area contributed by atoms with Gasteiger partial charge < -0.3 is 18.7 Å². The standard InChI is InChI=1S/C31H32F2N4O3/c1-16-29(17(2)40-35-16)18-4-11-27-26(13-18)34-30(36(27)20-5-8-22(39-3)9-6-20)28-14-19-12-23(19)31(38)37(28)21-7-10-24(32)25(33)15-21/h4,7,10-11,13,15,19-20,22-23,28H,5-6,8-9,12,14H2,1-3H3/t19-,20?,22?,23-,28+/m1/s1. The third-order valence-electron chi connectivity index (χ3n) is 9.18. The maximum Gasteiger partial charge on any atom is 0.231 e. The van der Waals surface area contributed by atoms with Crippen LogP contribution in [0.15, 0.2) is 40.9 Å². The second-order valence-corrected chi connectivity index (χ2v) is 11.6. The molecular formula is C31H32F2N4O3. The Bertz CT molecular complexity index is 1600. The number of amides is 1. The lowest BCUT2D eigenvalue weighted by Gasteiger charge is -2.37. The molecule has 0 N–H and O–H groups in total. The molecule has 3 fully saturated rings. The minimum atomic E-state index is -0.961. The highest BCUT2D eigenvalue weighted by molar-refractivity contribution is 5.98. The Balaban J connectivity index is 1.38. The third-order valence-corrected chi connectivity index (χ3v) is 9.18. The molecular weight excluding hydrogens is 514 g/mol. The van der Waals surface area contributed by atoms with Gasteiger partial charge in [0.15, 0.2) is 11.6 Å². The highest BCUT2D eigenvalue weighted by atomic mass is 19.2. The SMILES string of the molecule is COC1CCC(n2c([C@@H]3C[C@H]4C[C@H]4C(=O)N3c3ccc(F)c(F)c3)nc3cc(-c4c(C)noc4C)ccc32)CC1. The molecule has 40 heavy (non-hydrogen) atoms. The molecule has 4 aromatic rings. The Morgan fingerprint density at radius 3 is 2.50 bits per heavy atom. The predicted molar refractivity (Wildman–Crippen MR) is 146 cm³/mol. The quantitative estimate of drug-likeness (QED) is 0.274. The number of piperidine rings is 1. The Morgan fingerprint density at radius 2 is 1.80 bits per heavy atom. The van der Waals surface area contributed by atoms with Gasteiger partial charge in [0.05, 0.1) is 28.9 Å². The molecule has 1 amide bonds. The molecule has 7 rings (SSSR count). The van der Waals surface area contributed by atoms with Crippen molar-refractivity contribution in [3.05, 3.63) is 65.3 Å². The molecule has 1 saturated heterocycles. The van der Waals surface area contributed by atoms with Gasteiger partial charge in [0.2, 0.25) is 5.91 Å². The number of carbonyl (C=O) groups is 1. The third kappa shape index (κ3) is 4.05. The molecule has 0 spiro atoms. The fourth-order valence-corrected chi connectivity index (χ4v) is 7.02. The Kier molecular flexibility index (Phi) is 6.03. The summed E-state index contributed by atoms with van der Waals surface area (Å²) < 4.78 is 41.6. The van der Waals surface area contributed by atoms with Crippen LogP contribution in [-0.4, -0.2) is 33.8 Å². The zero-order valence-corrected chi connectivity index (χ0v) is 22.9. The number of nitrogens with zero attached hydrogens (tertiary/aromatic N) is 4. The first-order valence-electron chi connectivity index (χ1n) is 14.1. The van der Waals surface area contributed by atoms with E-state index in [4.69, 9.17) is 14.2 Å². The van der Waals surface area contributed by atoms with Crippen molar-refractivity contribution in [1.82, 2.24) is 14.7 Å². The fraction of sp³-hybridized carbons (Fsp3) is 0.452. The smallest absolute Gasteiger partial charge is 0.231 e. The number of ether oxygens (including phenoxy) is 1. The summed E-state index contributed by atoms with van der Waals surface area (Å²) in [5, 5.41) is 4.12. The highest BCUT2D eigenvalue weighted by Crippen LogP contribution is 2.54. The molecule has 9 heteroatoms. The van der Waals surface area contributed by atoms with Gasteiger partial charge >= 0.3 is 0 Å². The van der Waals surface area contributed by atoms with Crippen molar-refractivity contribution in [2.45, 2.75) is 70.6 Å². The van der Waals surface area contributed by atoms with E-state index in [1.54, 1.807) is 12.0 Å². The van der Waals surface area contributed by atoms with Crippen LogP contribution < -0.4 is 4.90 Å². The summed E-state index contributed by atoms with van der Waals surface area (Å²) in [4.78, 5) is 20.5. The maximum absolute atomic E-state index is 14.4. The first-order valence-corrected chi connectivity index (χ1v) is 14.1. The van der Waals surface area contributed by atoms with Crippen LogP contribution in [0.2, 0.25) is 0 Å². The Morgan fingerprint density at radius 1 is 1.00 bits per heavy atom. The predicted octanol–water partition coefficient (Wildman–Crippen LogP) is 6.83. The van der Waals surface area contributed by atoms with Gasteiger partial charge in [-0.1, -0.05) is 11.2 Å². The van der Waals surface area contributed by atoms with Crippen LogP contribution >= 0.6 is 0 Å². The summed E-state index contributed by atoms with van der Waals surface area (Å²) in [7, 11) is 1.76. The number of aromatic nitrogens is 3. The molecule has 2 saturated carbocycles. The van der Waals surface area contributed by atoms with E-state index in [0.717, 1.165) is 90.1 Å². The molecule has 2 aromatic carbocycles. The summed E-state index contributed by atoms with van der Waals surface area (Å²) in [5.74, 6) is -0.155. The van der Waals surface area contributed by atoms with Gasteiger partial charge in [0.25, 0.3) is 0 Å². The van der Waals surface area contributed by atoms with Gasteiger partial charge in [0.1, 0.15) is 11.6 Å². The van der Waals surface area contributed by atoms with Crippen LogP contribution in [0, 0.1) is 37.3 Å². The van der Waals surface area contributed by atoms with Crippen molar-refractivity contribution in [3.8, 4) is 11.1 Å². The number of methoxy groups -OCH3 is 1. The van der Waals surface area contributed by atoms with Crippen LogP contribution in [0.5, 0.6) is 0 Å². The van der Waals surface area contributed by atoms with Crippen molar-refractivity contribution in [3.63, 3.8) is 0 Å². The van der Waals surface area contributed by atoms with Crippen LogP contribution in [0.1, 0.15) is 67.9 Å². The summed E-state index contributed by atoms with van der Waals surface area (Å²) in [5.41, 5.74) is 4.95. The van der Waals surface area contributed by atoms with Crippen molar-refractivity contribution in [2.24, 2.45) is 11.8 Å². The Hall–Kier alpha value is -3.59. The molecule has 2 aromatic heterocycles. The van der Waals surface area contributed by atoms with Gasteiger partial charge in [-0.25, -0.2) is 13.8 Å². The molecule has 3 atom stereocenters. The van der Waals surface area contributed by atoms with Gasteiger partial charge in [0, 0.05) is 36.4 Å². The first-order chi connectivity index (χ1) is 19.3. The van der Waals surface area contributed by atoms with Crippen LogP contribution in [0.25, 0.3) is 22.2 Å². The van der Waals surface area contributed by atoms with Crippen LogP contribution in [0.4, 0.5) is 14.5 Å². The van der Waals surface area contributed by atoms with Gasteiger partial charge in [-0.3, -0.25) is 4.79 Å². The minimum absolute atomic E-state index is 0.0367. The number of hydrogen-bond acceptors (Lipinski definition) is 5. The normalized spacial score (nSPS) is 26.4. The van der Waals surface area contributed by atoms with Crippen molar-refractivity contribution in [2.75, 3.05) is 12.0 Å². The largest absolute Gasteiger partial charge is 0.381 e. The lowest BCUT2D eigenvalue weighted by molar-refractivity contribution is -0.121. The zero-order chi connectivity index (χ0) is 27.7. The van der Waals surface area contributed by atoms with E-state index >= 15 is 0 Å². The maximum atomic E-state index is 14.4. The zero-order valence-electron chi connectivity index (χ0n) is 22.9. The molecule has 208 valence electrons. The molecule has 0 radical (unpaired) electrons. The lowest BCUT2D eigenvalue weighted by Crippen LogP contribution is -2.41. The number of rotatable bonds is 5. The van der Waals surface area contributed by atoms with E-state index < -0.39 is 11.6 Å². The molecule has 1 aliphatic heterocycles. The molecule has 3 aliphatic rings. The first kappa shape index (κ1) is 25.4. The second kappa shape index (κ2) is 9.51. The van der Waals surface area contributed by atoms with E-state index in [1.807, 2.05) is 13.8 Å². The molecule has 3 heterocycles. The molecule has 7 nitrogen and oxygen atoms in total. The highest BCUT2D eigenvalue weighted by Gasteiger charge is 2.54. The monoisotopic (exact) mass is 546 g/mol. The Labute approximate surface area is 231 Å². The van der Waals surface area contributed by atoms with E-state index in [0.29, 0.717) is 5.69 Å².